The number of carbonyl (C=O) groups is 2. The SMILES string of the molecule is Cc1sc(-n2cccc2)c(C(=O)O[C@H](C)C(=O)NCc2ccc(F)cc2)c1C. The summed E-state index contributed by atoms with van der Waals surface area (Å²) in [5.74, 6) is -1.28. The molecule has 0 saturated carbocycles. The van der Waals surface area contributed by atoms with Gasteiger partial charge in [0.05, 0.1) is 5.56 Å². The van der Waals surface area contributed by atoms with Crippen LogP contribution in [0.25, 0.3) is 5.00 Å². The highest BCUT2D eigenvalue weighted by Gasteiger charge is 2.25. The molecule has 0 aliphatic rings. The van der Waals surface area contributed by atoms with Gasteiger partial charge in [0.25, 0.3) is 5.91 Å². The summed E-state index contributed by atoms with van der Waals surface area (Å²) in [5.41, 5.74) is 2.07. The summed E-state index contributed by atoms with van der Waals surface area (Å²) in [6.45, 7) is 5.57. The molecule has 0 spiro atoms. The number of thiophene rings is 1. The zero-order chi connectivity index (χ0) is 20.3. The van der Waals surface area contributed by atoms with Crippen LogP contribution >= 0.6 is 11.3 Å². The highest BCUT2D eigenvalue weighted by molar-refractivity contribution is 7.15. The Balaban J connectivity index is 1.67. The molecular weight excluding hydrogens is 379 g/mol. The molecule has 1 N–H and O–H groups in total. The molecule has 28 heavy (non-hydrogen) atoms. The van der Waals surface area contributed by atoms with E-state index < -0.39 is 18.0 Å². The van der Waals surface area contributed by atoms with Gasteiger partial charge in [0.15, 0.2) is 6.10 Å². The molecule has 1 atom stereocenters. The first kappa shape index (κ1) is 19.8. The van der Waals surface area contributed by atoms with Gasteiger partial charge in [0.2, 0.25) is 0 Å². The van der Waals surface area contributed by atoms with Crippen molar-refractivity contribution in [1.82, 2.24) is 9.88 Å². The molecule has 146 valence electrons. The van der Waals surface area contributed by atoms with Gasteiger partial charge in [0.1, 0.15) is 10.8 Å². The van der Waals surface area contributed by atoms with Gasteiger partial charge in [-0.1, -0.05) is 12.1 Å². The largest absolute Gasteiger partial charge is 0.449 e. The van der Waals surface area contributed by atoms with Gasteiger partial charge in [-0.25, -0.2) is 9.18 Å². The molecule has 1 aromatic carbocycles. The number of hydrogen-bond acceptors (Lipinski definition) is 4. The number of hydrogen-bond donors (Lipinski definition) is 1. The van der Waals surface area contributed by atoms with Crippen molar-refractivity contribution >= 4 is 23.2 Å². The Morgan fingerprint density at radius 3 is 2.46 bits per heavy atom. The second kappa shape index (κ2) is 8.39. The topological polar surface area (TPSA) is 60.3 Å². The second-order valence-corrected chi connectivity index (χ2v) is 7.65. The highest BCUT2D eigenvalue weighted by atomic mass is 32.1. The van der Waals surface area contributed by atoms with Crippen molar-refractivity contribution in [3.8, 4) is 5.00 Å². The van der Waals surface area contributed by atoms with Gasteiger partial charge < -0.3 is 14.6 Å². The van der Waals surface area contributed by atoms with E-state index in [1.165, 1.54) is 30.4 Å². The number of nitrogens with zero attached hydrogens (tertiary/aromatic N) is 1. The first-order valence-electron chi connectivity index (χ1n) is 8.83. The summed E-state index contributed by atoms with van der Waals surface area (Å²) in [5, 5.41) is 3.46. The number of nitrogens with one attached hydrogen (secondary N) is 1. The maximum atomic E-state index is 12.9. The van der Waals surface area contributed by atoms with E-state index in [4.69, 9.17) is 4.74 Å². The Morgan fingerprint density at radius 1 is 1.18 bits per heavy atom. The van der Waals surface area contributed by atoms with Crippen LogP contribution in [0.2, 0.25) is 0 Å². The van der Waals surface area contributed by atoms with Crippen LogP contribution in [0.15, 0.2) is 48.8 Å². The van der Waals surface area contributed by atoms with Crippen LogP contribution in [-0.2, 0) is 16.1 Å². The van der Waals surface area contributed by atoms with Crippen LogP contribution in [0.5, 0.6) is 0 Å². The molecule has 0 aliphatic carbocycles. The standard InChI is InChI=1S/C21H21FN2O3S/c1-13-15(3)28-20(24-10-4-5-11-24)18(13)21(26)27-14(2)19(25)23-12-16-6-8-17(22)9-7-16/h4-11,14H,12H2,1-3H3,(H,23,25)/t14-/m1/s1. The van der Waals surface area contributed by atoms with Crippen molar-refractivity contribution < 1.29 is 18.7 Å². The van der Waals surface area contributed by atoms with E-state index in [1.807, 2.05) is 42.9 Å². The number of rotatable bonds is 6. The van der Waals surface area contributed by atoms with E-state index in [0.29, 0.717) is 5.56 Å². The maximum Gasteiger partial charge on any atom is 0.342 e. The summed E-state index contributed by atoms with van der Waals surface area (Å²) < 4.78 is 20.2. The van der Waals surface area contributed by atoms with E-state index in [-0.39, 0.29) is 12.4 Å². The fourth-order valence-corrected chi connectivity index (χ4v) is 3.82. The fourth-order valence-electron chi connectivity index (χ4n) is 2.71. The van der Waals surface area contributed by atoms with Gasteiger partial charge >= 0.3 is 5.97 Å². The van der Waals surface area contributed by atoms with E-state index in [9.17, 15) is 14.0 Å². The predicted molar refractivity (Wildman–Crippen MR) is 106 cm³/mol. The van der Waals surface area contributed by atoms with Crippen molar-refractivity contribution in [2.45, 2.75) is 33.4 Å². The number of benzene rings is 1. The van der Waals surface area contributed by atoms with Crippen molar-refractivity contribution in [2.75, 3.05) is 0 Å². The number of amides is 1. The average Bonchev–Trinajstić information content (AvgIpc) is 3.29. The minimum Gasteiger partial charge on any atom is -0.449 e. The maximum absolute atomic E-state index is 12.9. The molecule has 2 heterocycles. The number of esters is 1. The molecule has 0 radical (unpaired) electrons. The van der Waals surface area contributed by atoms with Gasteiger partial charge in [-0.15, -0.1) is 11.3 Å². The molecule has 0 fully saturated rings. The lowest BCUT2D eigenvalue weighted by Gasteiger charge is -2.14. The Hall–Kier alpha value is -2.93. The normalized spacial score (nSPS) is 11.9. The zero-order valence-electron chi connectivity index (χ0n) is 15.9. The predicted octanol–water partition coefficient (Wildman–Crippen LogP) is 4.16. The van der Waals surface area contributed by atoms with Gasteiger partial charge in [-0.3, -0.25) is 4.79 Å². The summed E-state index contributed by atoms with van der Waals surface area (Å²) in [6, 6.07) is 9.60. The molecule has 3 rings (SSSR count). The molecule has 2 aromatic heterocycles. The third-order valence-corrected chi connectivity index (χ3v) is 5.66. The van der Waals surface area contributed by atoms with Crippen LogP contribution in [-0.4, -0.2) is 22.5 Å². The molecule has 5 nitrogen and oxygen atoms in total. The first-order chi connectivity index (χ1) is 13.4. The lowest BCUT2D eigenvalue weighted by atomic mass is 10.1. The zero-order valence-corrected chi connectivity index (χ0v) is 16.7. The van der Waals surface area contributed by atoms with Crippen LogP contribution in [0, 0.1) is 19.7 Å². The Bertz CT molecular complexity index is 978. The van der Waals surface area contributed by atoms with Gasteiger partial charge in [0, 0.05) is 23.8 Å². The van der Waals surface area contributed by atoms with Crippen molar-refractivity contribution in [1.29, 1.82) is 0 Å². The number of aryl methyl sites for hydroxylation is 1. The van der Waals surface area contributed by atoms with E-state index in [1.54, 1.807) is 12.1 Å². The molecule has 0 saturated heterocycles. The number of halogens is 1. The summed E-state index contributed by atoms with van der Waals surface area (Å²) in [7, 11) is 0. The van der Waals surface area contributed by atoms with Crippen LogP contribution in [0.1, 0.15) is 33.3 Å². The lowest BCUT2D eigenvalue weighted by Crippen LogP contribution is -2.35. The molecule has 0 aliphatic heterocycles. The van der Waals surface area contributed by atoms with E-state index >= 15 is 0 Å². The van der Waals surface area contributed by atoms with Crippen molar-refractivity contribution in [3.63, 3.8) is 0 Å². The highest BCUT2D eigenvalue weighted by Crippen LogP contribution is 2.31. The first-order valence-corrected chi connectivity index (χ1v) is 9.65. The smallest absolute Gasteiger partial charge is 0.342 e. The summed E-state index contributed by atoms with van der Waals surface area (Å²) in [6.07, 6.45) is 2.77. The third kappa shape index (κ3) is 4.31. The Labute approximate surface area is 166 Å². The molecule has 7 heteroatoms. The number of carbonyl (C=O) groups excluding carboxylic acids is 2. The van der Waals surface area contributed by atoms with E-state index in [0.717, 1.165) is 21.0 Å². The molecule has 1 amide bonds. The number of ether oxygens (including phenoxy) is 1. The lowest BCUT2D eigenvalue weighted by molar-refractivity contribution is -0.129. The Morgan fingerprint density at radius 2 is 1.82 bits per heavy atom. The van der Waals surface area contributed by atoms with E-state index in [2.05, 4.69) is 5.32 Å². The van der Waals surface area contributed by atoms with Gasteiger partial charge in [-0.2, -0.15) is 0 Å². The van der Waals surface area contributed by atoms with Crippen LogP contribution < -0.4 is 5.32 Å². The van der Waals surface area contributed by atoms with Crippen molar-refractivity contribution in [2.24, 2.45) is 0 Å². The van der Waals surface area contributed by atoms with Gasteiger partial charge in [-0.05, 0) is 56.2 Å². The molecular formula is C21H21FN2O3S. The summed E-state index contributed by atoms with van der Waals surface area (Å²) >= 11 is 1.50. The average molecular weight is 400 g/mol. The van der Waals surface area contributed by atoms with Crippen LogP contribution in [0.3, 0.4) is 0 Å². The minimum absolute atomic E-state index is 0.228. The van der Waals surface area contributed by atoms with Crippen LogP contribution in [0.4, 0.5) is 4.39 Å². The fraction of sp³-hybridized carbons (Fsp3) is 0.238. The quantitative estimate of drug-likeness (QED) is 0.632. The Kier molecular flexibility index (Phi) is 5.94. The number of aromatic nitrogens is 1. The monoisotopic (exact) mass is 400 g/mol. The minimum atomic E-state index is -0.954. The molecule has 0 unspecified atom stereocenters. The molecule has 3 aromatic rings. The summed E-state index contributed by atoms with van der Waals surface area (Å²) in [4.78, 5) is 26.1. The third-order valence-electron chi connectivity index (χ3n) is 4.44. The molecule has 0 bridgehead atoms. The van der Waals surface area contributed by atoms with Crippen molar-refractivity contribution in [3.05, 3.63) is 76.2 Å². The second-order valence-electron chi connectivity index (χ2n) is 6.45.